The van der Waals surface area contributed by atoms with E-state index >= 15 is 0 Å². The molecule has 21 heavy (non-hydrogen) atoms. The molecular weight excluding hydrogens is 262 g/mol. The fourth-order valence-corrected chi connectivity index (χ4v) is 2.27. The lowest BCUT2D eigenvalue weighted by Gasteiger charge is -2.14. The van der Waals surface area contributed by atoms with Gasteiger partial charge in [-0.05, 0) is 49.6 Å². The molecule has 0 saturated carbocycles. The van der Waals surface area contributed by atoms with Crippen LogP contribution in [-0.2, 0) is 6.54 Å². The summed E-state index contributed by atoms with van der Waals surface area (Å²) in [4.78, 5) is 0. The Labute approximate surface area is 126 Å². The van der Waals surface area contributed by atoms with Gasteiger partial charge in [-0.1, -0.05) is 24.3 Å². The quantitative estimate of drug-likeness (QED) is 0.826. The average molecular weight is 285 g/mol. The maximum Gasteiger partial charge on any atom is 0.123 e. The second-order valence-corrected chi connectivity index (χ2v) is 5.21. The molecule has 0 aliphatic heterocycles. The molecule has 0 atom stereocenters. The Balaban J connectivity index is 1.91. The lowest BCUT2D eigenvalue weighted by molar-refractivity contribution is 0.215. The van der Waals surface area contributed by atoms with Crippen LogP contribution >= 0.6 is 0 Å². The highest BCUT2D eigenvalue weighted by Crippen LogP contribution is 2.23. The van der Waals surface area contributed by atoms with Gasteiger partial charge in [-0.25, -0.2) is 0 Å². The van der Waals surface area contributed by atoms with Gasteiger partial charge in [0.2, 0.25) is 0 Å². The van der Waals surface area contributed by atoms with E-state index in [0.29, 0.717) is 19.8 Å². The summed E-state index contributed by atoms with van der Waals surface area (Å²) >= 11 is 0. The molecule has 0 unspecified atom stereocenters. The van der Waals surface area contributed by atoms with E-state index in [-0.39, 0.29) is 0 Å². The maximum atomic E-state index is 5.84. The fourth-order valence-electron chi connectivity index (χ4n) is 2.27. The van der Waals surface area contributed by atoms with Crippen molar-refractivity contribution in [2.75, 3.05) is 13.2 Å². The number of hydrogen-bond acceptors (Lipinski definition) is 3. The van der Waals surface area contributed by atoms with Crippen LogP contribution in [-0.4, -0.2) is 13.2 Å². The number of nitrogens with two attached hydrogens (primary N) is 1. The van der Waals surface area contributed by atoms with Crippen LogP contribution < -0.4 is 15.2 Å². The highest BCUT2D eigenvalue weighted by molar-refractivity contribution is 5.42. The normalized spacial score (nSPS) is 10.5. The van der Waals surface area contributed by atoms with Crippen LogP contribution in [0.4, 0.5) is 0 Å². The van der Waals surface area contributed by atoms with Crippen molar-refractivity contribution in [3.63, 3.8) is 0 Å². The number of benzene rings is 2. The lowest BCUT2D eigenvalue weighted by atomic mass is 10.1. The first-order valence-corrected chi connectivity index (χ1v) is 7.23. The Morgan fingerprint density at radius 1 is 0.905 bits per heavy atom. The first-order chi connectivity index (χ1) is 10.1. The first-order valence-electron chi connectivity index (χ1n) is 7.23. The van der Waals surface area contributed by atoms with E-state index in [1.54, 1.807) is 0 Å². The van der Waals surface area contributed by atoms with Crippen molar-refractivity contribution in [2.45, 2.75) is 27.3 Å². The van der Waals surface area contributed by atoms with Gasteiger partial charge in [-0.3, -0.25) is 0 Å². The van der Waals surface area contributed by atoms with Crippen molar-refractivity contribution in [1.29, 1.82) is 0 Å². The van der Waals surface area contributed by atoms with Gasteiger partial charge in [-0.15, -0.1) is 0 Å². The molecule has 0 radical (unpaired) electrons. The summed E-state index contributed by atoms with van der Waals surface area (Å²) in [6.07, 6.45) is 0. The molecule has 0 aliphatic rings. The third-order valence-electron chi connectivity index (χ3n) is 3.56. The molecule has 0 aliphatic carbocycles. The average Bonchev–Trinajstić information content (AvgIpc) is 2.48. The van der Waals surface area contributed by atoms with E-state index < -0.39 is 0 Å². The summed E-state index contributed by atoms with van der Waals surface area (Å²) in [6.45, 7) is 7.75. The van der Waals surface area contributed by atoms with E-state index in [2.05, 4.69) is 32.9 Å². The van der Waals surface area contributed by atoms with Crippen LogP contribution in [0.25, 0.3) is 0 Å². The standard InChI is InChI=1S/C18H23NO2/c1-13-10-14(2)15(3)18(11-13)21-9-8-20-17-7-5-4-6-16(17)12-19/h4-7,10-11H,8-9,12,19H2,1-3H3. The first kappa shape index (κ1) is 15.4. The molecule has 0 saturated heterocycles. The third-order valence-corrected chi connectivity index (χ3v) is 3.56. The van der Waals surface area contributed by atoms with Crippen molar-refractivity contribution in [3.05, 3.63) is 58.7 Å². The highest BCUT2D eigenvalue weighted by atomic mass is 16.5. The largest absolute Gasteiger partial charge is 0.490 e. The molecule has 112 valence electrons. The topological polar surface area (TPSA) is 44.5 Å². The molecule has 2 rings (SSSR count). The molecule has 2 N–H and O–H groups in total. The monoisotopic (exact) mass is 285 g/mol. The molecule has 2 aromatic carbocycles. The van der Waals surface area contributed by atoms with Crippen LogP contribution in [0.2, 0.25) is 0 Å². The van der Waals surface area contributed by atoms with E-state index in [0.717, 1.165) is 17.1 Å². The summed E-state index contributed by atoms with van der Waals surface area (Å²) in [6, 6.07) is 12.1. The summed E-state index contributed by atoms with van der Waals surface area (Å²) in [5.41, 5.74) is 10.3. The molecule has 2 aromatic rings. The minimum Gasteiger partial charge on any atom is -0.490 e. The fraction of sp³-hybridized carbons (Fsp3) is 0.333. The summed E-state index contributed by atoms with van der Waals surface area (Å²) in [5, 5.41) is 0. The zero-order valence-electron chi connectivity index (χ0n) is 13.0. The molecule has 0 spiro atoms. The molecule has 3 nitrogen and oxygen atoms in total. The number of ether oxygens (including phenoxy) is 2. The third kappa shape index (κ3) is 3.99. The zero-order chi connectivity index (χ0) is 15.2. The predicted octanol–water partition coefficient (Wildman–Crippen LogP) is 3.53. The van der Waals surface area contributed by atoms with Crippen molar-refractivity contribution < 1.29 is 9.47 Å². The molecule has 0 heterocycles. The number of aryl methyl sites for hydroxylation is 2. The Kier molecular flexibility index (Phi) is 5.23. The van der Waals surface area contributed by atoms with Gasteiger partial charge in [0.15, 0.2) is 0 Å². The predicted molar refractivity (Wildman–Crippen MR) is 86.0 cm³/mol. The Bertz CT molecular complexity index is 608. The minimum atomic E-state index is 0.479. The van der Waals surface area contributed by atoms with Crippen LogP contribution in [0.5, 0.6) is 11.5 Å². The van der Waals surface area contributed by atoms with E-state index in [9.17, 15) is 0 Å². The van der Waals surface area contributed by atoms with Crippen LogP contribution in [0, 0.1) is 20.8 Å². The smallest absolute Gasteiger partial charge is 0.123 e. The van der Waals surface area contributed by atoms with E-state index in [1.165, 1.54) is 16.7 Å². The highest BCUT2D eigenvalue weighted by Gasteiger charge is 2.05. The Morgan fingerprint density at radius 3 is 2.29 bits per heavy atom. The zero-order valence-corrected chi connectivity index (χ0v) is 13.0. The Morgan fingerprint density at radius 2 is 1.57 bits per heavy atom. The molecule has 0 fully saturated rings. The van der Waals surface area contributed by atoms with Gasteiger partial charge in [0, 0.05) is 12.1 Å². The summed E-state index contributed by atoms with van der Waals surface area (Å²) in [7, 11) is 0. The molecule has 0 amide bonds. The number of rotatable bonds is 6. The minimum absolute atomic E-state index is 0.479. The summed E-state index contributed by atoms with van der Waals surface area (Å²) in [5.74, 6) is 1.77. The summed E-state index contributed by atoms with van der Waals surface area (Å²) < 4.78 is 11.6. The second-order valence-electron chi connectivity index (χ2n) is 5.21. The van der Waals surface area contributed by atoms with E-state index in [4.69, 9.17) is 15.2 Å². The van der Waals surface area contributed by atoms with Crippen LogP contribution in [0.3, 0.4) is 0 Å². The SMILES string of the molecule is Cc1cc(C)c(C)c(OCCOc2ccccc2CN)c1. The van der Waals surface area contributed by atoms with Crippen molar-refractivity contribution >= 4 is 0 Å². The van der Waals surface area contributed by atoms with Gasteiger partial charge in [-0.2, -0.15) is 0 Å². The number of hydrogen-bond donors (Lipinski definition) is 1. The van der Waals surface area contributed by atoms with E-state index in [1.807, 2.05) is 24.3 Å². The van der Waals surface area contributed by atoms with Gasteiger partial charge in [0.1, 0.15) is 24.7 Å². The van der Waals surface area contributed by atoms with Crippen molar-refractivity contribution in [1.82, 2.24) is 0 Å². The number of para-hydroxylation sites is 1. The van der Waals surface area contributed by atoms with Gasteiger partial charge in [0.05, 0.1) is 0 Å². The lowest BCUT2D eigenvalue weighted by Crippen LogP contribution is -2.11. The Hall–Kier alpha value is -2.00. The molecule has 0 aromatic heterocycles. The van der Waals surface area contributed by atoms with Crippen molar-refractivity contribution in [2.24, 2.45) is 5.73 Å². The maximum absolute atomic E-state index is 5.84. The van der Waals surface area contributed by atoms with Gasteiger partial charge in [0.25, 0.3) is 0 Å². The van der Waals surface area contributed by atoms with Gasteiger partial charge >= 0.3 is 0 Å². The van der Waals surface area contributed by atoms with Crippen LogP contribution in [0.15, 0.2) is 36.4 Å². The van der Waals surface area contributed by atoms with Gasteiger partial charge < -0.3 is 15.2 Å². The molecular formula is C18H23NO2. The second kappa shape index (κ2) is 7.14. The van der Waals surface area contributed by atoms with Crippen LogP contribution in [0.1, 0.15) is 22.3 Å². The van der Waals surface area contributed by atoms with Crippen molar-refractivity contribution in [3.8, 4) is 11.5 Å². The molecule has 0 bridgehead atoms. The molecule has 3 heteroatoms.